The highest BCUT2D eigenvalue weighted by atomic mass is 16.6. The summed E-state index contributed by atoms with van der Waals surface area (Å²) in [7, 11) is 0. The number of benzene rings is 1. The van der Waals surface area contributed by atoms with Crippen LogP contribution in [0.25, 0.3) is 11.5 Å². The lowest BCUT2D eigenvalue weighted by Gasteiger charge is -2.27. The number of ether oxygens (including phenoxy) is 1. The predicted octanol–water partition coefficient (Wildman–Crippen LogP) is 3.76. The summed E-state index contributed by atoms with van der Waals surface area (Å²) in [5, 5.41) is 13.1. The number of carbonyl (C=O) groups is 2. The molecule has 0 atom stereocenters. The molecule has 0 aliphatic heterocycles. The molecule has 0 unspecified atom stereocenters. The van der Waals surface area contributed by atoms with E-state index in [9.17, 15) is 9.59 Å². The van der Waals surface area contributed by atoms with E-state index in [1.165, 1.54) is 6.39 Å². The Labute approximate surface area is 158 Å². The minimum atomic E-state index is -0.578. The van der Waals surface area contributed by atoms with Gasteiger partial charge >= 0.3 is 12.0 Å². The Morgan fingerprint density at radius 3 is 2.56 bits per heavy atom. The Kier molecular flexibility index (Phi) is 6.20. The second-order valence-corrected chi connectivity index (χ2v) is 7.87. The topological polar surface area (TPSA) is 106 Å². The van der Waals surface area contributed by atoms with E-state index in [2.05, 4.69) is 20.8 Å². The van der Waals surface area contributed by atoms with Gasteiger partial charge in [0, 0.05) is 23.2 Å². The Bertz CT molecular complexity index is 779. The van der Waals surface area contributed by atoms with Crippen molar-refractivity contribution < 1.29 is 18.7 Å². The van der Waals surface area contributed by atoms with Crippen LogP contribution in [0.4, 0.5) is 10.5 Å². The minimum Gasteiger partial charge on any atom is -0.460 e. The van der Waals surface area contributed by atoms with Gasteiger partial charge in [0.25, 0.3) is 0 Å². The van der Waals surface area contributed by atoms with Crippen LogP contribution in [-0.4, -0.2) is 33.3 Å². The maximum atomic E-state index is 12.3. The summed E-state index contributed by atoms with van der Waals surface area (Å²) in [5.74, 6) is 0.0850. The first-order valence-corrected chi connectivity index (χ1v) is 8.72. The van der Waals surface area contributed by atoms with Crippen LogP contribution >= 0.6 is 0 Å². The second kappa shape index (κ2) is 8.20. The van der Waals surface area contributed by atoms with Crippen LogP contribution in [0.5, 0.6) is 0 Å². The molecule has 0 saturated heterocycles. The van der Waals surface area contributed by atoms with Gasteiger partial charge in [-0.3, -0.25) is 4.79 Å². The first kappa shape index (κ1) is 20.4. The lowest BCUT2D eigenvalue weighted by molar-refractivity contribution is -0.155. The lowest BCUT2D eigenvalue weighted by atomic mass is 9.98. The number of nitrogens with zero attached hydrogens (tertiary/aromatic N) is 2. The summed E-state index contributed by atoms with van der Waals surface area (Å²) < 4.78 is 10.4. The number of urea groups is 1. The highest BCUT2D eigenvalue weighted by molar-refractivity contribution is 5.90. The van der Waals surface area contributed by atoms with Gasteiger partial charge in [0.1, 0.15) is 5.60 Å². The molecule has 2 rings (SSSR count). The van der Waals surface area contributed by atoms with Crippen LogP contribution < -0.4 is 10.6 Å². The Morgan fingerprint density at radius 2 is 1.93 bits per heavy atom. The number of esters is 1. The van der Waals surface area contributed by atoms with E-state index in [1.54, 1.807) is 24.3 Å². The quantitative estimate of drug-likeness (QED) is 0.746. The van der Waals surface area contributed by atoms with Crippen molar-refractivity contribution in [2.45, 2.75) is 58.6 Å². The molecule has 1 heterocycles. The van der Waals surface area contributed by atoms with Crippen LogP contribution in [0.2, 0.25) is 0 Å². The highest BCUT2D eigenvalue weighted by Crippen LogP contribution is 2.21. The van der Waals surface area contributed by atoms with E-state index in [1.807, 2.05) is 34.6 Å². The molecule has 0 radical (unpaired) electrons. The van der Waals surface area contributed by atoms with Crippen molar-refractivity contribution in [3.05, 3.63) is 30.7 Å². The molecule has 1 aromatic heterocycles. The first-order valence-electron chi connectivity index (χ1n) is 8.72. The van der Waals surface area contributed by atoms with E-state index in [0.717, 1.165) is 0 Å². The summed E-state index contributed by atoms with van der Waals surface area (Å²) in [5.41, 5.74) is 0.196. The van der Waals surface area contributed by atoms with Crippen LogP contribution in [0.1, 0.15) is 47.5 Å². The smallest absolute Gasteiger partial charge is 0.319 e. The van der Waals surface area contributed by atoms with Gasteiger partial charge in [-0.15, -0.1) is 10.2 Å². The number of amides is 2. The maximum Gasteiger partial charge on any atom is 0.319 e. The monoisotopic (exact) mass is 374 g/mol. The van der Waals surface area contributed by atoms with Gasteiger partial charge in [0.2, 0.25) is 12.3 Å². The second-order valence-electron chi connectivity index (χ2n) is 7.87. The summed E-state index contributed by atoms with van der Waals surface area (Å²) in [6.45, 7) is 9.18. The molecule has 1 aromatic carbocycles. The van der Waals surface area contributed by atoms with Crippen LogP contribution in [0.15, 0.2) is 35.1 Å². The number of hydrogen-bond donors (Lipinski definition) is 2. The van der Waals surface area contributed by atoms with Crippen molar-refractivity contribution in [1.29, 1.82) is 0 Å². The molecular weight excluding hydrogens is 348 g/mol. The molecule has 146 valence electrons. The number of hydrogen-bond acceptors (Lipinski definition) is 6. The third kappa shape index (κ3) is 7.08. The molecule has 2 aromatic rings. The molecular formula is C19H26N4O4. The largest absolute Gasteiger partial charge is 0.460 e. The summed E-state index contributed by atoms with van der Waals surface area (Å²) in [4.78, 5) is 24.2. The van der Waals surface area contributed by atoms with Crippen LogP contribution in [0, 0.1) is 0 Å². The van der Waals surface area contributed by atoms with Crippen molar-refractivity contribution in [3.63, 3.8) is 0 Å². The van der Waals surface area contributed by atoms with E-state index in [-0.39, 0.29) is 18.4 Å². The normalized spacial score (nSPS) is 11.7. The van der Waals surface area contributed by atoms with Crippen molar-refractivity contribution in [2.75, 3.05) is 5.32 Å². The van der Waals surface area contributed by atoms with Crippen LogP contribution in [0.3, 0.4) is 0 Å². The zero-order chi connectivity index (χ0) is 20.1. The van der Waals surface area contributed by atoms with E-state index in [4.69, 9.17) is 9.15 Å². The van der Waals surface area contributed by atoms with Gasteiger partial charge in [-0.2, -0.15) is 0 Å². The predicted molar refractivity (Wildman–Crippen MR) is 101 cm³/mol. The molecule has 0 saturated carbocycles. The standard InChI is InChI=1S/C19H26N4O4/c1-18(2,3)27-15(24)9-10-19(4,5)22-17(25)21-14-8-6-7-13(11-14)16-23-20-12-26-16/h6-8,11-12H,9-10H2,1-5H3,(H2,21,22,25). The van der Waals surface area contributed by atoms with Gasteiger partial charge in [-0.25, -0.2) is 4.79 Å². The third-order valence-electron chi connectivity index (χ3n) is 3.55. The van der Waals surface area contributed by atoms with Gasteiger partial charge in [-0.05, 0) is 59.2 Å². The fourth-order valence-corrected chi connectivity index (χ4v) is 2.37. The molecule has 0 spiro atoms. The molecule has 0 fully saturated rings. The third-order valence-corrected chi connectivity index (χ3v) is 3.55. The maximum absolute atomic E-state index is 12.3. The SMILES string of the molecule is CC(C)(CCC(=O)OC(C)(C)C)NC(=O)Nc1cccc(-c2nnco2)c1. The Morgan fingerprint density at radius 1 is 1.19 bits per heavy atom. The number of rotatable bonds is 6. The zero-order valence-corrected chi connectivity index (χ0v) is 16.3. The molecule has 0 bridgehead atoms. The summed E-state index contributed by atoms with van der Waals surface area (Å²) in [6.07, 6.45) is 1.92. The van der Waals surface area contributed by atoms with Gasteiger partial charge in [0.05, 0.1) is 0 Å². The van der Waals surface area contributed by atoms with Crippen molar-refractivity contribution >= 4 is 17.7 Å². The zero-order valence-electron chi connectivity index (χ0n) is 16.3. The molecule has 2 N–H and O–H groups in total. The number of anilines is 1. The van der Waals surface area contributed by atoms with Gasteiger partial charge < -0.3 is 19.8 Å². The molecule has 27 heavy (non-hydrogen) atoms. The van der Waals surface area contributed by atoms with E-state index >= 15 is 0 Å². The fourth-order valence-electron chi connectivity index (χ4n) is 2.37. The first-order chi connectivity index (χ1) is 12.5. The van der Waals surface area contributed by atoms with Crippen molar-refractivity contribution in [3.8, 4) is 11.5 Å². The average Bonchev–Trinajstić information content (AvgIpc) is 3.05. The van der Waals surface area contributed by atoms with Crippen LogP contribution in [-0.2, 0) is 9.53 Å². The molecule has 2 amide bonds. The van der Waals surface area contributed by atoms with Gasteiger partial charge in [0.15, 0.2) is 0 Å². The van der Waals surface area contributed by atoms with Crippen molar-refractivity contribution in [2.24, 2.45) is 0 Å². The average molecular weight is 374 g/mol. The van der Waals surface area contributed by atoms with Crippen molar-refractivity contribution in [1.82, 2.24) is 15.5 Å². The molecule has 0 aliphatic rings. The van der Waals surface area contributed by atoms with E-state index < -0.39 is 11.1 Å². The lowest BCUT2D eigenvalue weighted by Crippen LogP contribution is -2.46. The molecule has 8 nitrogen and oxygen atoms in total. The molecule has 0 aliphatic carbocycles. The minimum absolute atomic E-state index is 0.219. The Balaban J connectivity index is 1.89. The van der Waals surface area contributed by atoms with E-state index in [0.29, 0.717) is 23.6 Å². The summed E-state index contributed by atoms with van der Waals surface area (Å²) in [6, 6.07) is 6.71. The molecule has 8 heteroatoms. The fraction of sp³-hybridized carbons (Fsp3) is 0.474. The highest BCUT2D eigenvalue weighted by Gasteiger charge is 2.24. The summed E-state index contributed by atoms with van der Waals surface area (Å²) >= 11 is 0. The number of aromatic nitrogens is 2. The number of nitrogens with one attached hydrogen (secondary N) is 2. The number of carbonyl (C=O) groups excluding carboxylic acids is 2. The Hall–Kier alpha value is -2.90. The van der Waals surface area contributed by atoms with Gasteiger partial charge in [-0.1, -0.05) is 6.07 Å².